The molecule has 3 rings (SSSR count). The van der Waals surface area contributed by atoms with Crippen LogP contribution in [0, 0.1) is 6.92 Å². The predicted octanol–water partition coefficient (Wildman–Crippen LogP) is 0.839. The van der Waals surface area contributed by atoms with E-state index < -0.39 is 0 Å². The summed E-state index contributed by atoms with van der Waals surface area (Å²) in [7, 11) is 3.76. The van der Waals surface area contributed by atoms with Crippen molar-refractivity contribution in [2.75, 3.05) is 46.5 Å². The lowest BCUT2D eigenvalue weighted by atomic mass is 9.94. The number of methoxy groups -OCH3 is 1. The minimum absolute atomic E-state index is 0.203. The number of likely N-dealkylation sites (tertiary alicyclic amines) is 1. The van der Waals surface area contributed by atoms with Crippen molar-refractivity contribution in [3.63, 3.8) is 0 Å². The summed E-state index contributed by atoms with van der Waals surface area (Å²) >= 11 is 0. The van der Waals surface area contributed by atoms with Gasteiger partial charge in [0.2, 0.25) is 0 Å². The van der Waals surface area contributed by atoms with E-state index in [1.165, 1.54) is 19.4 Å². The van der Waals surface area contributed by atoms with Crippen LogP contribution in [0.1, 0.15) is 44.3 Å². The van der Waals surface area contributed by atoms with Crippen molar-refractivity contribution in [3.8, 4) is 0 Å². The lowest BCUT2D eigenvalue weighted by Crippen LogP contribution is -2.52. The summed E-state index contributed by atoms with van der Waals surface area (Å²) in [6.07, 6.45) is 4.28. The Hall–Kier alpha value is -1.71. The molecule has 9 heteroatoms. The Bertz CT molecular complexity index is 670. The van der Waals surface area contributed by atoms with Crippen LogP contribution in [0.2, 0.25) is 0 Å². The number of nitrogens with zero attached hydrogens (tertiary/aromatic N) is 5. The fraction of sp³-hybridized carbons (Fsp3) is 0.850. The molecule has 2 aliphatic rings. The smallest absolute Gasteiger partial charge is 0.191 e. The van der Waals surface area contributed by atoms with Gasteiger partial charge in [0.25, 0.3) is 0 Å². The van der Waals surface area contributed by atoms with E-state index >= 15 is 0 Å². The largest absolute Gasteiger partial charge is 0.381 e. The number of rotatable bonds is 8. The topological polar surface area (TPSA) is 88.8 Å². The van der Waals surface area contributed by atoms with Crippen molar-refractivity contribution < 1.29 is 9.47 Å². The molecule has 29 heavy (non-hydrogen) atoms. The zero-order chi connectivity index (χ0) is 20.7. The number of hydrogen-bond acceptors (Lipinski definition) is 6. The standard InChI is InChI=1S/C20H37N7O2/c1-5-27-10-6-7-17(27)13-21-19(22-14-18-25-24-16(2)26(18)3)23-15-20(28-4)8-11-29-12-9-20/h17H,5-15H2,1-4H3,(H2,21,22,23). The molecule has 1 aromatic heterocycles. The Kier molecular flexibility index (Phi) is 7.85. The monoisotopic (exact) mass is 407 g/mol. The minimum Gasteiger partial charge on any atom is -0.381 e. The summed E-state index contributed by atoms with van der Waals surface area (Å²) in [5, 5.41) is 15.4. The van der Waals surface area contributed by atoms with Crippen molar-refractivity contribution in [1.82, 2.24) is 30.3 Å². The molecule has 0 aliphatic carbocycles. The van der Waals surface area contributed by atoms with E-state index in [0.29, 0.717) is 19.1 Å². The predicted molar refractivity (Wildman–Crippen MR) is 113 cm³/mol. The van der Waals surface area contributed by atoms with Gasteiger partial charge < -0.3 is 24.7 Å². The summed E-state index contributed by atoms with van der Waals surface area (Å²) < 4.78 is 13.4. The average Bonchev–Trinajstić information content (AvgIpc) is 3.34. The van der Waals surface area contributed by atoms with E-state index in [9.17, 15) is 0 Å². The first-order valence-corrected chi connectivity index (χ1v) is 10.8. The van der Waals surface area contributed by atoms with E-state index in [-0.39, 0.29) is 5.60 Å². The van der Waals surface area contributed by atoms with Crippen LogP contribution in [-0.2, 0) is 23.1 Å². The van der Waals surface area contributed by atoms with Gasteiger partial charge in [0.15, 0.2) is 11.8 Å². The quantitative estimate of drug-likeness (QED) is 0.488. The van der Waals surface area contributed by atoms with Crippen LogP contribution >= 0.6 is 0 Å². The first kappa shape index (κ1) is 22.0. The van der Waals surface area contributed by atoms with E-state index in [4.69, 9.17) is 14.5 Å². The Labute approximate surface area is 174 Å². The van der Waals surface area contributed by atoms with Crippen molar-refractivity contribution in [3.05, 3.63) is 11.6 Å². The van der Waals surface area contributed by atoms with Crippen molar-refractivity contribution >= 4 is 5.96 Å². The maximum atomic E-state index is 5.87. The molecule has 0 bridgehead atoms. The molecule has 2 saturated heterocycles. The van der Waals surface area contributed by atoms with Gasteiger partial charge in [-0.3, -0.25) is 4.90 Å². The fourth-order valence-corrected chi connectivity index (χ4v) is 4.11. The number of nitrogens with one attached hydrogen (secondary N) is 2. The lowest BCUT2D eigenvalue weighted by Gasteiger charge is -2.36. The maximum absolute atomic E-state index is 5.87. The van der Waals surface area contributed by atoms with Crippen LogP contribution in [0.3, 0.4) is 0 Å². The molecule has 0 amide bonds. The van der Waals surface area contributed by atoms with Gasteiger partial charge in [-0.2, -0.15) is 0 Å². The van der Waals surface area contributed by atoms with Gasteiger partial charge >= 0.3 is 0 Å². The SMILES string of the molecule is CCN1CCCC1CNC(=NCc1nnc(C)n1C)NCC1(OC)CCOCC1. The van der Waals surface area contributed by atoms with Crippen LogP contribution in [-0.4, -0.2) is 83.8 Å². The molecular formula is C20H37N7O2. The molecule has 0 aromatic carbocycles. The third-order valence-electron chi connectivity index (χ3n) is 6.39. The second-order valence-corrected chi connectivity index (χ2v) is 8.05. The zero-order valence-electron chi connectivity index (χ0n) is 18.4. The van der Waals surface area contributed by atoms with Crippen LogP contribution < -0.4 is 10.6 Å². The van der Waals surface area contributed by atoms with E-state index in [0.717, 1.165) is 56.8 Å². The van der Waals surface area contributed by atoms with Crippen molar-refractivity contribution in [2.45, 2.75) is 57.7 Å². The van der Waals surface area contributed by atoms with Gasteiger partial charge in [0.05, 0.1) is 5.60 Å². The number of aliphatic imine (C=N–C) groups is 1. The highest BCUT2D eigenvalue weighted by atomic mass is 16.5. The number of likely N-dealkylation sites (N-methyl/N-ethyl adjacent to an activating group) is 1. The first-order chi connectivity index (χ1) is 14.1. The highest BCUT2D eigenvalue weighted by Gasteiger charge is 2.32. The van der Waals surface area contributed by atoms with Crippen LogP contribution in [0.5, 0.6) is 0 Å². The average molecular weight is 408 g/mol. The highest BCUT2D eigenvalue weighted by molar-refractivity contribution is 5.79. The van der Waals surface area contributed by atoms with E-state index in [1.54, 1.807) is 7.11 Å². The number of hydrogen-bond donors (Lipinski definition) is 2. The number of ether oxygens (including phenoxy) is 2. The van der Waals surface area contributed by atoms with Gasteiger partial charge in [-0.15, -0.1) is 10.2 Å². The van der Waals surface area contributed by atoms with Crippen molar-refractivity contribution in [1.29, 1.82) is 0 Å². The summed E-state index contributed by atoms with van der Waals surface area (Å²) in [4.78, 5) is 7.33. The Morgan fingerprint density at radius 1 is 1.31 bits per heavy atom. The summed E-state index contributed by atoms with van der Waals surface area (Å²) in [5.74, 6) is 2.55. The van der Waals surface area contributed by atoms with Gasteiger partial charge in [-0.25, -0.2) is 4.99 Å². The molecule has 1 unspecified atom stereocenters. The second kappa shape index (κ2) is 10.4. The summed E-state index contributed by atoms with van der Waals surface area (Å²) in [6.45, 7) is 10.0. The minimum atomic E-state index is -0.203. The van der Waals surface area contributed by atoms with Crippen LogP contribution in [0.15, 0.2) is 4.99 Å². The fourth-order valence-electron chi connectivity index (χ4n) is 4.11. The Balaban J connectivity index is 1.64. The molecule has 1 aromatic rings. The summed E-state index contributed by atoms with van der Waals surface area (Å²) in [5.41, 5.74) is -0.203. The van der Waals surface area contributed by atoms with E-state index in [1.807, 2.05) is 18.5 Å². The van der Waals surface area contributed by atoms with Gasteiger partial charge in [-0.05, 0) is 32.9 Å². The molecule has 9 nitrogen and oxygen atoms in total. The molecule has 1 atom stereocenters. The number of aryl methyl sites for hydroxylation is 1. The maximum Gasteiger partial charge on any atom is 0.191 e. The lowest BCUT2D eigenvalue weighted by molar-refractivity contribution is -0.0855. The molecule has 0 radical (unpaired) electrons. The molecule has 2 fully saturated rings. The molecule has 2 aliphatic heterocycles. The Morgan fingerprint density at radius 3 is 2.76 bits per heavy atom. The van der Waals surface area contributed by atoms with Gasteiger partial charge in [0, 0.05) is 59.3 Å². The number of guanidine groups is 1. The highest BCUT2D eigenvalue weighted by Crippen LogP contribution is 2.23. The zero-order valence-corrected chi connectivity index (χ0v) is 18.4. The second-order valence-electron chi connectivity index (χ2n) is 8.05. The molecule has 3 heterocycles. The van der Waals surface area contributed by atoms with Gasteiger partial charge in [-0.1, -0.05) is 6.92 Å². The van der Waals surface area contributed by atoms with Crippen LogP contribution in [0.25, 0.3) is 0 Å². The number of aromatic nitrogens is 3. The molecular weight excluding hydrogens is 370 g/mol. The van der Waals surface area contributed by atoms with Crippen LogP contribution in [0.4, 0.5) is 0 Å². The van der Waals surface area contributed by atoms with Gasteiger partial charge in [0.1, 0.15) is 12.4 Å². The summed E-state index contributed by atoms with van der Waals surface area (Å²) in [6, 6.07) is 0.559. The molecule has 0 spiro atoms. The van der Waals surface area contributed by atoms with Crippen molar-refractivity contribution in [2.24, 2.45) is 12.0 Å². The van der Waals surface area contributed by atoms with E-state index in [2.05, 4.69) is 32.7 Å². The molecule has 2 N–H and O–H groups in total. The first-order valence-electron chi connectivity index (χ1n) is 10.8. The molecule has 0 saturated carbocycles. The third-order valence-corrected chi connectivity index (χ3v) is 6.39. The molecule has 164 valence electrons. The Morgan fingerprint density at radius 2 is 2.10 bits per heavy atom. The normalized spacial score (nSPS) is 22.8. The third kappa shape index (κ3) is 5.67.